The maximum atomic E-state index is 13.2. The number of sulfonamides is 1. The van der Waals surface area contributed by atoms with E-state index in [0.29, 0.717) is 19.4 Å². The number of rotatable bonds is 4. The minimum Gasteiger partial charge on any atom is -0.333 e. The maximum Gasteiger partial charge on any atom is 0.244 e. The van der Waals surface area contributed by atoms with E-state index in [1.807, 2.05) is 0 Å². The van der Waals surface area contributed by atoms with Crippen LogP contribution < -0.4 is 10.5 Å². The third-order valence-electron chi connectivity index (χ3n) is 3.03. The fourth-order valence-electron chi connectivity index (χ4n) is 2.08. The highest BCUT2D eigenvalue weighted by atomic mass is 32.2. The van der Waals surface area contributed by atoms with E-state index in [4.69, 9.17) is 5.14 Å². The minimum atomic E-state index is -4.10. The molecule has 0 atom stereocenters. The molecule has 1 aliphatic heterocycles. The van der Waals surface area contributed by atoms with E-state index in [1.165, 1.54) is 4.90 Å². The number of nitrogens with zero attached hydrogens (tertiary/aromatic N) is 1. The number of primary sulfonamides is 1. The molecule has 0 unspecified atom stereocenters. The molecule has 1 aromatic carbocycles. The Morgan fingerprint density at radius 3 is 2.71 bits per heavy atom. The molecule has 0 radical (unpaired) electrons. The van der Waals surface area contributed by atoms with Gasteiger partial charge in [0.05, 0.1) is 12.2 Å². The average Bonchev–Trinajstić information content (AvgIpc) is 2.73. The summed E-state index contributed by atoms with van der Waals surface area (Å²) in [6, 6.07) is 2.77. The molecule has 0 aliphatic carbocycles. The first kappa shape index (κ1) is 15.4. The SMILES string of the molecule is NS(=O)(=O)c1ccc(F)cc1NC(=O)CN1CCCC1=O. The summed E-state index contributed by atoms with van der Waals surface area (Å²) in [4.78, 5) is 24.2. The van der Waals surface area contributed by atoms with E-state index in [0.717, 1.165) is 18.2 Å². The third-order valence-corrected chi connectivity index (χ3v) is 4.00. The summed E-state index contributed by atoms with van der Waals surface area (Å²) in [5.41, 5.74) is -0.242. The van der Waals surface area contributed by atoms with Gasteiger partial charge >= 0.3 is 0 Å². The topological polar surface area (TPSA) is 110 Å². The van der Waals surface area contributed by atoms with E-state index in [1.54, 1.807) is 0 Å². The van der Waals surface area contributed by atoms with Gasteiger partial charge < -0.3 is 10.2 Å². The second kappa shape index (κ2) is 5.78. The van der Waals surface area contributed by atoms with Crippen molar-refractivity contribution in [3.63, 3.8) is 0 Å². The molecule has 0 aromatic heterocycles. The van der Waals surface area contributed by atoms with Crippen LogP contribution in [0.1, 0.15) is 12.8 Å². The van der Waals surface area contributed by atoms with Crippen molar-refractivity contribution in [3.05, 3.63) is 24.0 Å². The molecule has 1 heterocycles. The van der Waals surface area contributed by atoms with Crippen LogP contribution in [0.2, 0.25) is 0 Å². The zero-order valence-corrected chi connectivity index (χ0v) is 11.8. The van der Waals surface area contributed by atoms with Gasteiger partial charge in [-0.2, -0.15) is 0 Å². The van der Waals surface area contributed by atoms with Crippen LogP contribution in [0.3, 0.4) is 0 Å². The molecule has 2 amide bonds. The summed E-state index contributed by atoms with van der Waals surface area (Å²) < 4.78 is 36.0. The largest absolute Gasteiger partial charge is 0.333 e. The van der Waals surface area contributed by atoms with Crippen molar-refractivity contribution in [3.8, 4) is 0 Å². The van der Waals surface area contributed by atoms with Gasteiger partial charge in [-0.3, -0.25) is 9.59 Å². The van der Waals surface area contributed by atoms with E-state index in [-0.39, 0.29) is 23.0 Å². The fourth-order valence-corrected chi connectivity index (χ4v) is 2.76. The summed E-state index contributed by atoms with van der Waals surface area (Å²) in [5, 5.41) is 7.28. The Balaban J connectivity index is 2.17. The van der Waals surface area contributed by atoms with Crippen molar-refractivity contribution >= 4 is 27.5 Å². The number of carbonyl (C=O) groups excluding carboxylic acids is 2. The van der Waals surface area contributed by atoms with Crippen LogP contribution in [0.4, 0.5) is 10.1 Å². The predicted molar refractivity (Wildman–Crippen MR) is 72.2 cm³/mol. The highest BCUT2D eigenvalue weighted by Gasteiger charge is 2.23. The van der Waals surface area contributed by atoms with Crippen molar-refractivity contribution in [2.45, 2.75) is 17.7 Å². The molecule has 1 fully saturated rings. The molecule has 9 heteroatoms. The Labute approximate surface area is 121 Å². The van der Waals surface area contributed by atoms with E-state index in [9.17, 15) is 22.4 Å². The zero-order chi connectivity index (χ0) is 15.6. The molecule has 114 valence electrons. The van der Waals surface area contributed by atoms with Crippen molar-refractivity contribution in [2.75, 3.05) is 18.4 Å². The lowest BCUT2D eigenvalue weighted by Crippen LogP contribution is -2.34. The molecular weight excluding hydrogens is 301 g/mol. The molecule has 3 N–H and O–H groups in total. The van der Waals surface area contributed by atoms with Gasteiger partial charge in [-0.1, -0.05) is 0 Å². The number of hydrogen-bond acceptors (Lipinski definition) is 4. The number of halogens is 1. The van der Waals surface area contributed by atoms with Crippen LogP contribution in [-0.2, 0) is 19.6 Å². The number of nitrogens with one attached hydrogen (secondary N) is 1. The highest BCUT2D eigenvalue weighted by Crippen LogP contribution is 2.21. The number of carbonyl (C=O) groups is 2. The zero-order valence-electron chi connectivity index (χ0n) is 11.0. The number of anilines is 1. The minimum absolute atomic E-state index is 0.143. The number of amides is 2. The van der Waals surface area contributed by atoms with Gasteiger partial charge in [0, 0.05) is 13.0 Å². The molecule has 1 saturated heterocycles. The second-order valence-corrected chi connectivity index (χ2v) is 6.18. The fraction of sp³-hybridized carbons (Fsp3) is 0.333. The Hall–Kier alpha value is -2.00. The van der Waals surface area contributed by atoms with E-state index < -0.39 is 21.7 Å². The molecule has 1 aliphatic rings. The van der Waals surface area contributed by atoms with Gasteiger partial charge in [0.1, 0.15) is 10.7 Å². The number of benzene rings is 1. The molecule has 1 aromatic rings. The molecule has 21 heavy (non-hydrogen) atoms. The van der Waals surface area contributed by atoms with Crippen LogP contribution in [-0.4, -0.2) is 38.2 Å². The summed E-state index contributed by atoms with van der Waals surface area (Å²) in [6.45, 7) is 0.261. The van der Waals surface area contributed by atoms with Gasteiger partial charge in [0.2, 0.25) is 21.8 Å². The summed E-state index contributed by atoms with van der Waals surface area (Å²) in [5.74, 6) is -1.47. The smallest absolute Gasteiger partial charge is 0.244 e. The van der Waals surface area contributed by atoms with Crippen molar-refractivity contribution in [2.24, 2.45) is 5.14 Å². The Bertz CT molecular complexity index is 690. The number of nitrogens with two attached hydrogens (primary N) is 1. The van der Waals surface area contributed by atoms with Crippen LogP contribution in [0.5, 0.6) is 0 Å². The highest BCUT2D eigenvalue weighted by molar-refractivity contribution is 7.89. The first-order chi connectivity index (χ1) is 9.77. The third kappa shape index (κ3) is 3.76. The summed E-state index contributed by atoms with van der Waals surface area (Å²) in [6.07, 6.45) is 1.06. The number of likely N-dealkylation sites (tertiary alicyclic amines) is 1. The average molecular weight is 315 g/mol. The van der Waals surface area contributed by atoms with E-state index >= 15 is 0 Å². The normalized spacial score (nSPS) is 15.3. The molecule has 2 rings (SSSR count). The van der Waals surface area contributed by atoms with Crippen molar-refractivity contribution in [1.29, 1.82) is 0 Å². The Morgan fingerprint density at radius 2 is 2.14 bits per heavy atom. The lowest BCUT2D eigenvalue weighted by Gasteiger charge is -2.16. The Morgan fingerprint density at radius 1 is 1.43 bits per heavy atom. The van der Waals surface area contributed by atoms with Gasteiger partial charge in [0.25, 0.3) is 0 Å². The van der Waals surface area contributed by atoms with Gasteiger partial charge in [-0.25, -0.2) is 17.9 Å². The lowest BCUT2D eigenvalue weighted by atomic mass is 10.3. The van der Waals surface area contributed by atoms with Crippen LogP contribution >= 0.6 is 0 Å². The molecule has 0 spiro atoms. The van der Waals surface area contributed by atoms with E-state index in [2.05, 4.69) is 5.32 Å². The standard InChI is InChI=1S/C12H14FN3O4S/c13-8-3-4-10(21(14,19)20)9(6-8)15-11(17)7-16-5-1-2-12(16)18/h3-4,6H,1-2,5,7H2,(H,15,17)(H2,14,19,20). The quantitative estimate of drug-likeness (QED) is 0.817. The van der Waals surface area contributed by atoms with Crippen molar-refractivity contribution < 1.29 is 22.4 Å². The van der Waals surface area contributed by atoms with Gasteiger partial charge in [-0.05, 0) is 24.6 Å². The summed E-state index contributed by atoms with van der Waals surface area (Å²) >= 11 is 0. The summed E-state index contributed by atoms with van der Waals surface area (Å²) in [7, 11) is -4.10. The number of hydrogen-bond donors (Lipinski definition) is 2. The lowest BCUT2D eigenvalue weighted by molar-refractivity contribution is -0.131. The van der Waals surface area contributed by atoms with Crippen molar-refractivity contribution in [1.82, 2.24) is 4.90 Å². The molecule has 0 bridgehead atoms. The monoisotopic (exact) mass is 315 g/mol. The van der Waals surface area contributed by atoms with Crippen LogP contribution in [0, 0.1) is 5.82 Å². The molecule has 0 saturated carbocycles. The first-order valence-corrected chi connectivity index (χ1v) is 7.72. The predicted octanol–water partition coefficient (Wildman–Crippen LogP) is 0.0340. The van der Waals surface area contributed by atoms with Gasteiger partial charge in [0.15, 0.2) is 0 Å². The van der Waals surface area contributed by atoms with Gasteiger partial charge in [-0.15, -0.1) is 0 Å². The Kier molecular flexibility index (Phi) is 4.24. The molecular formula is C12H14FN3O4S. The van der Waals surface area contributed by atoms with Crippen LogP contribution in [0.15, 0.2) is 23.1 Å². The molecule has 7 nitrogen and oxygen atoms in total. The maximum absolute atomic E-state index is 13.2. The first-order valence-electron chi connectivity index (χ1n) is 6.17. The second-order valence-electron chi connectivity index (χ2n) is 4.65. The van der Waals surface area contributed by atoms with Crippen LogP contribution in [0.25, 0.3) is 0 Å².